The first-order chi connectivity index (χ1) is 11.5. The summed E-state index contributed by atoms with van der Waals surface area (Å²) in [6.45, 7) is 0. The second-order valence-electron chi connectivity index (χ2n) is 5.04. The number of aromatic nitrogens is 1. The van der Waals surface area contributed by atoms with Crippen LogP contribution in [0.3, 0.4) is 0 Å². The molecule has 1 N–H and O–H groups in total. The Labute approximate surface area is 135 Å². The van der Waals surface area contributed by atoms with Crippen molar-refractivity contribution in [3.63, 3.8) is 0 Å². The van der Waals surface area contributed by atoms with Gasteiger partial charge in [-0.1, -0.05) is 30.3 Å². The highest BCUT2D eigenvalue weighted by molar-refractivity contribution is 6.07. The van der Waals surface area contributed by atoms with E-state index in [2.05, 4.69) is 5.32 Å². The highest BCUT2D eigenvalue weighted by Crippen LogP contribution is 2.22. The average molecular weight is 330 g/mol. The number of hydrogen-bond acceptors (Lipinski definition) is 3. The summed E-state index contributed by atoms with van der Waals surface area (Å²) < 4.78 is 32.6. The lowest BCUT2D eigenvalue weighted by molar-refractivity contribution is 0.100. The first-order valence-corrected chi connectivity index (χ1v) is 6.99. The van der Waals surface area contributed by atoms with E-state index in [9.17, 15) is 18.4 Å². The summed E-state index contributed by atoms with van der Waals surface area (Å²) in [4.78, 5) is 24.5. The molecule has 122 valence electrons. The summed E-state index contributed by atoms with van der Waals surface area (Å²) >= 11 is 0. The number of halogens is 2. The van der Waals surface area contributed by atoms with Gasteiger partial charge >= 0.3 is 5.63 Å². The predicted molar refractivity (Wildman–Crippen MR) is 83.7 cm³/mol. The molecule has 7 heteroatoms. The molecule has 1 heterocycles. The normalized spacial score (nSPS) is 10.6. The van der Waals surface area contributed by atoms with Crippen LogP contribution < -0.4 is 10.9 Å². The molecule has 2 aromatic carbocycles. The van der Waals surface area contributed by atoms with E-state index in [0.29, 0.717) is 11.6 Å². The number of benzene rings is 2. The molecule has 0 unspecified atom stereocenters. The van der Waals surface area contributed by atoms with Crippen LogP contribution in [0.2, 0.25) is 0 Å². The molecule has 0 atom stereocenters. The van der Waals surface area contributed by atoms with Crippen molar-refractivity contribution in [3.05, 3.63) is 76.3 Å². The van der Waals surface area contributed by atoms with Gasteiger partial charge in [0.05, 0.1) is 5.69 Å². The van der Waals surface area contributed by atoms with Crippen molar-refractivity contribution < 1.29 is 18.1 Å². The van der Waals surface area contributed by atoms with Gasteiger partial charge in [0.2, 0.25) is 0 Å². The van der Waals surface area contributed by atoms with Crippen molar-refractivity contribution in [1.82, 2.24) is 4.74 Å². The monoisotopic (exact) mass is 330 g/mol. The maximum Gasteiger partial charge on any atom is 0.366 e. The second-order valence-corrected chi connectivity index (χ2v) is 5.04. The van der Waals surface area contributed by atoms with Crippen LogP contribution in [0.25, 0.3) is 11.1 Å². The van der Waals surface area contributed by atoms with Gasteiger partial charge in [-0.25, -0.2) is 18.3 Å². The third-order valence-corrected chi connectivity index (χ3v) is 3.43. The number of nitrogens with one attached hydrogen (secondary N) is 1. The van der Waals surface area contributed by atoms with Crippen molar-refractivity contribution in [1.29, 1.82) is 0 Å². The molecule has 0 spiro atoms. The quantitative estimate of drug-likeness (QED) is 0.802. The molecule has 5 nitrogen and oxygen atoms in total. The molecular weight excluding hydrogens is 318 g/mol. The highest BCUT2D eigenvalue weighted by atomic mass is 19.1. The minimum Gasteiger partial charge on any atom is -0.335 e. The van der Waals surface area contributed by atoms with Gasteiger partial charge in [-0.15, -0.1) is 0 Å². The predicted octanol–water partition coefficient (Wildman–Crippen LogP) is 3.18. The molecule has 1 amide bonds. The molecule has 0 radical (unpaired) electrons. The minimum atomic E-state index is -0.918. The van der Waals surface area contributed by atoms with Gasteiger partial charge in [-0.2, -0.15) is 0 Å². The summed E-state index contributed by atoms with van der Waals surface area (Å²) in [6.07, 6.45) is 0. The van der Waals surface area contributed by atoms with E-state index < -0.39 is 23.2 Å². The van der Waals surface area contributed by atoms with E-state index in [1.165, 1.54) is 7.05 Å². The Morgan fingerprint density at radius 3 is 2.50 bits per heavy atom. The van der Waals surface area contributed by atoms with Crippen molar-refractivity contribution in [2.75, 3.05) is 5.32 Å². The van der Waals surface area contributed by atoms with Crippen molar-refractivity contribution >= 4 is 11.6 Å². The third-order valence-electron chi connectivity index (χ3n) is 3.43. The molecule has 24 heavy (non-hydrogen) atoms. The first kappa shape index (κ1) is 15.7. The van der Waals surface area contributed by atoms with Crippen molar-refractivity contribution in [2.24, 2.45) is 7.05 Å². The molecule has 0 aliphatic heterocycles. The van der Waals surface area contributed by atoms with Gasteiger partial charge in [0.15, 0.2) is 5.69 Å². The smallest absolute Gasteiger partial charge is 0.335 e. The Bertz CT molecular complexity index is 962. The summed E-state index contributed by atoms with van der Waals surface area (Å²) in [5, 5.41) is 2.32. The SMILES string of the molecule is Cn1oc(=O)c(-c2ccccc2)c1C(=O)Nc1ccc(F)cc1F. The van der Waals surface area contributed by atoms with Crippen LogP contribution in [0, 0.1) is 11.6 Å². The second kappa shape index (κ2) is 6.11. The van der Waals surface area contributed by atoms with Crippen LogP contribution in [0.4, 0.5) is 14.5 Å². The number of nitrogens with zero attached hydrogens (tertiary/aromatic N) is 1. The molecule has 0 saturated heterocycles. The zero-order valence-corrected chi connectivity index (χ0v) is 12.5. The van der Waals surface area contributed by atoms with Gasteiger partial charge in [0.25, 0.3) is 5.91 Å². The summed E-state index contributed by atoms with van der Waals surface area (Å²) in [6, 6.07) is 11.3. The maximum absolute atomic E-state index is 13.7. The summed E-state index contributed by atoms with van der Waals surface area (Å²) in [5.41, 5.74) is -0.382. The molecule has 3 aromatic rings. The molecular formula is C17H12F2N2O3. The lowest BCUT2D eigenvalue weighted by Crippen LogP contribution is -2.17. The minimum absolute atomic E-state index is 0.0603. The number of hydrogen-bond donors (Lipinski definition) is 1. The number of carbonyl (C=O) groups is 1. The van der Waals surface area contributed by atoms with Crippen LogP contribution in [0.5, 0.6) is 0 Å². The Balaban J connectivity index is 2.03. The Morgan fingerprint density at radius 2 is 1.83 bits per heavy atom. The average Bonchev–Trinajstić information content (AvgIpc) is 2.85. The Morgan fingerprint density at radius 1 is 1.12 bits per heavy atom. The number of rotatable bonds is 3. The molecule has 0 aliphatic rings. The standard InChI is InChI=1S/C17H12F2N2O3/c1-21-15(14(17(23)24-21)10-5-3-2-4-6-10)16(22)20-13-8-7-11(18)9-12(13)19/h2-9H,1H3,(H,20,22). The fourth-order valence-corrected chi connectivity index (χ4v) is 2.36. The first-order valence-electron chi connectivity index (χ1n) is 6.99. The van der Waals surface area contributed by atoms with E-state index in [-0.39, 0.29) is 16.9 Å². The summed E-state index contributed by atoms with van der Waals surface area (Å²) in [5.74, 6) is -2.42. The van der Waals surface area contributed by atoms with Crippen LogP contribution in [0.15, 0.2) is 57.8 Å². The van der Waals surface area contributed by atoms with Crippen molar-refractivity contribution in [2.45, 2.75) is 0 Å². The van der Waals surface area contributed by atoms with Crippen LogP contribution in [0.1, 0.15) is 10.5 Å². The number of anilines is 1. The Kier molecular flexibility index (Phi) is 3.99. The lowest BCUT2D eigenvalue weighted by atomic mass is 10.1. The molecule has 0 aliphatic carbocycles. The topological polar surface area (TPSA) is 64.2 Å². The maximum atomic E-state index is 13.7. The number of carbonyl (C=O) groups excluding carboxylic acids is 1. The van der Waals surface area contributed by atoms with E-state index in [1.807, 2.05) is 0 Å². The Hall–Kier alpha value is -3.22. The zero-order valence-electron chi connectivity index (χ0n) is 12.5. The molecule has 0 saturated carbocycles. The fourth-order valence-electron chi connectivity index (χ4n) is 2.36. The highest BCUT2D eigenvalue weighted by Gasteiger charge is 2.24. The number of amides is 1. The third kappa shape index (κ3) is 2.83. The van der Waals surface area contributed by atoms with Gasteiger partial charge in [0.1, 0.15) is 17.2 Å². The van der Waals surface area contributed by atoms with Crippen molar-refractivity contribution in [3.8, 4) is 11.1 Å². The van der Waals surface area contributed by atoms with Gasteiger partial charge in [-0.05, 0) is 17.7 Å². The van der Waals surface area contributed by atoms with E-state index in [4.69, 9.17) is 4.52 Å². The van der Waals surface area contributed by atoms with Gasteiger partial charge < -0.3 is 9.84 Å². The number of aryl methyl sites for hydroxylation is 1. The molecule has 0 fully saturated rings. The zero-order chi connectivity index (χ0) is 17.3. The fraction of sp³-hybridized carbons (Fsp3) is 0.0588. The molecule has 3 rings (SSSR count). The van der Waals surface area contributed by atoms with Crippen LogP contribution in [-0.4, -0.2) is 10.6 Å². The van der Waals surface area contributed by atoms with E-state index in [1.54, 1.807) is 30.3 Å². The molecule has 1 aromatic heterocycles. The van der Waals surface area contributed by atoms with E-state index in [0.717, 1.165) is 16.9 Å². The lowest BCUT2D eigenvalue weighted by Gasteiger charge is -2.08. The van der Waals surface area contributed by atoms with Crippen LogP contribution in [-0.2, 0) is 7.05 Å². The van der Waals surface area contributed by atoms with Crippen LogP contribution >= 0.6 is 0 Å². The van der Waals surface area contributed by atoms with Gasteiger partial charge in [0, 0.05) is 13.1 Å². The molecule has 0 bridgehead atoms. The van der Waals surface area contributed by atoms with Gasteiger partial charge in [-0.3, -0.25) is 4.79 Å². The van der Waals surface area contributed by atoms with E-state index >= 15 is 0 Å². The largest absolute Gasteiger partial charge is 0.366 e. The summed E-state index contributed by atoms with van der Waals surface area (Å²) in [7, 11) is 1.39.